The smallest absolute Gasteiger partial charge is 0.157 e. The molecule has 148 valence electrons. The average molecular weight is 381 g/mol. The number of nitrogens with zero attached hydrogens (tertiary/aromatic N) is 1. The Morgan fingerprint density at radius 2 is 1.82 bits per heavy atom. The largest absolute Gasteiger partial charge is 0.353 e. The Kier molecular flexibility index (Phi) is 6.40. The summed E-state index contributed by atoms with van der Waals surface area (Å²) in [6, 6.07) is 15.6. The Balaban J connectivity index is 1.32. The quantitative estimate of drug-likeness (QED) is 0.481. The van der Waals surface area contributed by atoms with Crippen LogP contribution in [-0.2, 0) is 28.9 Å². The van der Waals surface area contributed by atoms with Crippen molar-refractivity contribution in [2.75, 3.05) is 13.2 Å². The van der Waals surface area contributed by atoms with Crippen LogP contribution in [-0.4, -0.2) is 24.1 Å². The Morgan fingerprint density at radius 1 is 1.00 bits per heavy atom. The van der Waals surface area contributed by atoms with E-state index in [4.69, 9.17) is 9.47 Å². The number of halogens is 1. The van der Waals surface area contributed by atoms with Crippen molar-refractivity contribution in [2.24, 2.45) is 0 Å². The van der Waals surface area contributed by atoms with Crippen LogP contribution in [0.25, 0.3) is 10.9 Å². The van der Waals surface area contributed by atoms with Crippen LogP contribution in [0.4, 0.5) is 4.39 Å². The van der Waals surface area contributed by atoms with E-state index in [2.05, 4.69) is 35.0 Å². The number of fused-ring (bicyclic) bond motifs is 1. The maximum atomic E-state index is 13.0. The van der Waals surface area contributed by atoms with Gasteiger partial charge >= 0.3 is 0 Å². The van der Waals surface area contributed by atoms with Gasteiger partial charge in [0, 0.05) is 24.9 Å². The molecule has 3 aromatic rings. The second-order valence-electron chi connectivity index (χ2n) is 7.55. The summed E-state index contributed by atoms with van der Waals surface area (Å²) in [5.41, 5.74) is 3.74. The summed E-state index contributed by atoms with van der Waals surface area (Å²) in [6.45, 7) is 2.50. The lowest BCUT2D eigenvalue weighted by molar-refractivity contribution is -0.162. The molecule has 2 heterocycles. The normalized spacial score (nSPS) is 17.2. The molecule has 1 aliphatic heterocycles. The van der Waals surface area contributed by atoms with Crippen molar-refractivity contribution in [3.63, 3.8) is 0 Å². The van der Waals surface area contributed by atoms with Gasteiger partial charge in [-0.3, -0.25) is 0 Å². The number of aryl methyl sites for hydroxylation is 3. The molecule has 3 nitrogen and oxygen atoms in total. The van der Waals surface area contributed by atoms with E-state index in [1.807, 2.05) is 12.1 Å². The number of aromatic nitrogens is 1. The number of hydrogen-bond donors (Lipinski definition) is 0. The molecular weight excluding hydrogens is 353 g/mol. The summed E-state index contributed by atoms with van der Waals surface area (Å²) in [5.74, 6) is -0.179. The van der Waals surface area contributed by atoms with Crippen LogP contribution in [0.1, 0.15) is 36.8 Å². The number of ether oxygens (including phenoxy) is 2. The van der Waals surface area contributed by atoms with Gasteiger partial charge in [0.25, 0.3) is 0 Å². The fourth-order valence-corrected chi connectivity index (χ4v) is 3.81. The van der Waals surface area contributed by atoms with Gasteiger partial charge in [0.05, 0.1) is 6.61 Å². The molecule has 0 spiro atoms. The summed E-state index contributed by atoms with van der Waals surface area (Å²) in [4.78, 5) is 0. The highest BCUT2D eigenvalue weighted by atomic mass is 19.1. The van der Waals surface area contributed by atoms with Crippen LogP contribution >= 0.6 is 0 Å². The first-order chi connectivity index (χ1) is 13.8. The van der Waals surface area contributed by atoms with Gasteiger partial charge in [0.2, 0.25) is 0 Å². The van der Waals surface area contributed by atoms with Crippen LogP contribution in [0.3, 0.4) is 0 Å². The fraction of sp³-hybridized carbons (Fsp3) is 0.417. The van der Waals surface area contributed by atoms with Gasteiger partial charge in [-0.05, 0) is 79.3 Å². The zero-order valence-corrected chi connectivity index (χ0v) is 16.3. The Morgan fingerprint density at radius 3 is 2.64 bits per heavy atom. The lowest BCUT2D eigenvalue weighted by Gasteiger charge is -2.22. The van der Waals surface area contributed by atoms with Crippen molar-refractivity contribution in [3.05, 3.63) is 71.7 Å². The first kappa shape index (κ1) is 19.2. The molecule has 0 N–H and O–H groups in total. The van der Waals surface area contributed by atoms with Gasteiger partial charge in [-0.15, -0.1) is 0 Å². The average Bonchev–Trinajstić information content (AvgIpc) is 3.14. The zero-order valence-electron chi connectivity index (χ0n) is 16.3. The number of hydrogen-bond acceptors (Lipinski definition) is 2. The van der Waals surface area contributed by atoms with Crippen LogP contribution < -0.4 is 0 Å². The fourth-order valence-electron chi connectivity index (χ4n) is 3.81. The molecule has 2 aromatic carbocycles. The van der Waals surface area contributed by atoms with E-state index in [9.17, 15) is 4.39 Å². The summed E-state index contributed by atoms with van der Waals surface area (Å²) in [5, 5.41) is 1.27. The highest BCUT2D eigenvalue weighted by Crippen LogP contribution is 2.20. The summed E-state index contributed by atoms with van der Waals surface area (Å²) < 4.78 is 26.8. The van der Waals surface area contributed by atoms with Crippen molar-refractivity contribution < 1.29 is 13.9 Å². The first-order valence-electron chi connectivity index (χ1n) is 10.3. The molecule has 28 heavy (non-hydrogen) atoms. The molecule has 0 aliphatic carbocycles. The third-order valence-electron chi connectivity index (χ3n) is 5.44. The zero-order chi connectivity index (χ0) is 19.2. The lowest BCUT2D eigenvalue weighted by atomic mass is 10.0. The summed E-state index contributed by atoms with van der Waals surface area (Å²) in [6.07, 6.45) is 8.37. The predicted octanol–water partition coefficient (Wildman–Crippen LogP) is 5.50. The standard InChI is InChI=1S/C24H28FNO2/c25-22-11-8-19(9-12-22)5-6-20-7-10-21-13-15-26(23(21)18-20)14-3-17-28-24-4-1-2-16-27-24/h7-13,15,18,24H,1-6,14,16-17H2. The number of benzene rings is 2. The van der Waals surface area contributed by atoms with Crippen LogP contribution in [0.2, 0.25) is 0 Å². The van der Waals surface area contributed by atoms with Crippen molar-refractivity contribution in [3.8, 4) is 0 Å². The lowest BCUT2D eigenvalue weighted by Crippen LogP contribution is -2.22. The van der Waals surface area contributed by atoms with Crippen LogP contribution in [0, 0.1) is 5.82 Å². The molecule has 1 saturated heterocycles. The maximum Gasteiger partial charge on any atom is 0.157 e. The van der Waals surface area contributed by atoms with Gasteiger partial charge < -0.3 is 14.0 Å². The third-order valence-corrected chi connectivity index (χ3v) is 5.44. The molecule has 0 radical (unpaired) electrons. The first-order valence-corrected chi connectivity index (χ1v) is 10.3. The molecular formula is C24H28FNO2. The minimum atomic E-state index is -0.179. The van der Waals surface area contributed by atoms with Crippen LogP contribution in [0.5, 0.6) is 0 Å². The SMILES string of the molecule is Fc1ccc(CCc2ccc3ccn(CCCOC4CCCCO4)c3c2)cc1. The van der Waals surface area contributed by atoms with E-state index in [0.717, 1.165) is 51.9 Å². The van der Waals surface area contributed by atoms with Gasteiger partial charge in [0.15, 0.2) is 6.29 Å². The molecule has 4 heteroatoms. The van der Waals surface area contributed by atoms with Crippen molar-refractivity contribution >= 4 is 10.9 Å². The molecule has 1 atom stereocenters. The topological polar surface area (TPSA) is 23.4 Å². The Labute approximate surface area is 166 Å². The minimum Gasteiger partial charge on any atom is -0.353 e. The molecule has 1 aliphatic rings. The molecule has 0 amide bonds. The molecule has 0 saturated carbocycles. The van der Waals surface area contributed by atoms with E-state index >= 15 is 0 Å². The highest BCUT2D eigenvalue weighted by Gasteiger charge is 2.13. The highest BCUT2D eigenvalue weighted by molar-refractivity contribution is 5.80. The van der Waals surface area contributed by atoms with Gasteiger partial charge in [-0.2, -0.15) is 0 Å². The molecule has 4 rings (SSSR count). The predicted molar refractivity (Wildman–Crippen MR) is 110 cm³/mol. The Bertz CT molecular complexity index is 881. The van der Waals surface area contributed by atoms with E-state index in [0.29, 0.717) is 0 Å². The molecule has 0 bridgehead atoms. The second kappa shape index (κ2) is 9.35. The monoisotopic (exact) mass is 381 g/mol. The van der Waals surface area contributed by atoms with Crippen LogP contribution in [0.15, 0.2) is 54.7 Å². The van der Waals surface area contributed by atoms with Crippen molar-refractivity contribution in [1.82, 2.24) is 4.57 Å². The Hall–Kier alpha value is -2.17. The molecule has 1 unspecified atom stereocenters. The van der Waals surface area contributed by atoms with Gasteiger partial charge in [0.1, 0.15) is 5.82 Å². The summed E-state index contributed by atoms with van der Waals surface area (Å²) in [7, 11) is 0. The van der Waals surface area contributed by atoms with Crippen molar-refractivity contribution in [1.29, 1.82) is 0 Å². The summed E-state index contributed by atoms with van der Waals surface area (Å²) >= 11 is 0. The molecule has 1 fully saturated rings. The van der Waals surface area contributed by atoms with Gasteiger partial charge in [-0.25, -0.2) is 4.39 Å². The third kappa shape index (κ3) is 5.00. The van der Waals surface area contributed by atoms with E-state index in [1.165, 1.54) is 40.6 Å². The van der Waals surface area contributed by atoms with E-state index in [-0.39, 0.29) is 12.1 Å². The number of rotatable bonds is 8. The minimum absolute atomic E-state index is 0.00628. The van der Waals surface area contributed by atoms with E-state index in [1.54, 1.807) is 0 Å². The van der Waals surface area contributed by atoms with E-state index < -0.39 is 0 Å². The molecule has 1 aromatic heterocycles. The van der Waals surface area contributed by atoms with Crippen molar-refractivity contribution in [2.45, 2.75) is 51.4 Å². The maximum absolute atomic E-state index is 13.0. The van der Waals surface area contributed by atoms with Gasteiger partial charge in [-0.1, -0.05) is 24.3 Å². The second-order valence-corrected chi connectivity index (χ2v) is 7.55.